The summed E-state index contributed by atoms with van der Waals surface area (Å²) in [6, 6.07) is 12.5. The fraction of sp³-hybridized carbons (Fsp3) is 0.111. The lowest BCUT2D eigenvalue weighted by atomic mass is 10.2. The SMILES string of the molecule is COc1ccc(N2C(=O)C(=Cc3ccc(Cl)cc3)SC2=S)c(OC)c1. The van der Waals surface area contributed by atoms with Crippen molar-refractivity contribution in [2.45, 2.75) is 0 Å². The molecule has 4 nitrogen and oxygen atoms in total. The highest BCUT2D eigenvalue weighted by Crippen LogP contribution is 2.41. The maximum Gasteiger partial charge on any atom is 0.270 e. The third kappa shape index (κ3) is 3.66. The molecule has 0 bridgehead atoms. The fourth-order valence-corrected chi connectivity index (χ4v) is 3.77. The van der Waals surface area contributed by atoms with Crippen LogP contribution in [0.3, 0.4) is 0 Å². The molecule has 0 spiro atoms. The van der Waals surface area contributed by atoms with Crippen LogP contribution in [0.25, 0.3) is 6.08 Å². The highest BCUT2D eigenvalue weighted by Gasteiger charge is 2.35. The van der Waals surface area contributed by atoms with E-state index in [2.05, 4.69) is 0 Å². The number of carbonyl (C=O) groups excluding carboxylic acids is 1. The summed E-state index contributed by atoms with van der Waals surface area (Å²) in [6.07, 6.45) is 1.80. The van der Waals surface area contributed by atoms with Crippen molar-refractivity contribution in [2.75, 3.05) is 19.1 Å². The molecular formula is C18H14ClNO3S2. The van der Waals surface area contributed by atoms with Gasteiger partial charge in [-0.1, -0.05) is 47.7 Å². The van der Waals surface area contributed by atoms with Gasteiger partial charge in [-0.2, -0.15) is 0 Å². The molecule has 1 saturated heterocycles. The molecule has 25 heavy (non-hydrogen) atoms. The van der Waals surface area contributed by atoms with E-state index in [1.807, 2.05) is 12.1 Å². The Hall–Kier alpha value is -2.02. The van der Waals surface area contributed by atoms with Crippen LogP contribution in [0.5, 0.6) is 11.5 Å². The van der Waals surface area contributed by atoms with Gasteiger partial charge in [-0.15, -0.1) is 0 Å². The van der Waals surface area contributed by atoms with Gasteiger partial charge in [-0.25, -0.2) is 0 Å². The molecule has 1 heterocycles. The molecule has 0 aliphatic carbocycles. The van der Waals surface area contributed by atoms with Crippen LogP contribution in [0.1, 0.15) is 5.56 Å². The van der Waals surface area contributed by atoms with Crippen molar-refractivity contribution in [3.05, 3.63) is 58.0 Å². The molecule has 2 aromatic rings. The third-order valence-electron chi connectivity index (χ3n) is 3.59. The predicted molar refractivity (Wildman–Crippen MR) is 107 cm³/mol. The number of hydrogen-bond donors (Lipinski definition) is 0. The zero-order chi connectivity index (χ0) is 18.0. The average Bonchev–Trinajstić information content (AvgIpc) is 2.90. The standard InChI is InChI=1S/C18H14ClNO3S2/c1-22-13-7-8-14(15(10-13)23-2)20-17(21)16(25-18(20)24)9-11-3-5-12(19)6-4-11/h3-10H,1-2H3. The molecule has 0 atom stereocenters. The van der Waals surface area contributed by atoms with Crippen molar-refractivity contribution in [1.82, 2.24) is 0 Å². The molecule has 128 valence electrons. The molecular weight excluding hydrogens is 378 g/mol. The van der Waals surface area contributed by atoms with Crippen LogP contribution in [0.15, 0.2) is 47.4 Å². The number of carbonyl (C=O) groups is 1. The summed E-state index contributed by atoms with van der Waals surface area (Å²) in [5.74, 6) is 0.972. The van der Waals surface area contributed by atoms with Gasteiger partial charge in [-0.3, -0.25) is 9.69 Å². The number of nitrogens with zero attached hydrogens (tertiary/aromatic N) is 1. The number of thioether (sulfide) groups is 1. The monoisotopic (exact) mass is 391 g/mol. The summed E-state index contributed by atoms with van der Waals surface area (Å²) < 4.78 is 11.0. The quantitative estimate of drug-likeness (QED) is 0.554. The fourth-order valence-electron chi connectivity index (χ4n) is 2.36. The van der Waals surface area contributed by atoms with E-state index in [9.17, 15) is 4.79 Å². The van der Waals surface area contributed by atoms with E-state index in [4.69, 9.17) is 33.3 Å². The first-order chi connectivity index (χ1) is 12.0. The van der Waals surface area contributed by atoms with Crippen LogP contribution in [0.4, 0.5) is 5.69 Å². The van der Waals surface area contributed by atoms with Crippen molar-refractivity contribution in [3.8, 4) is 11.5 Å². The van der Waals surface area contributed by atoms with Crippen molar-refractivity contribution >= 4 is 57.6 Å². The molecule has 2 aromatic carbocycles. The number of thiocarbonyl (C=S) groups is 1. The first-order valence-corrected chi connectivity index (χ1v) is 8.89. The molecule has 0 N–H and O–H groups in total. The summed E-state index contributed by atoms with van der Waals surface area (Å²) in [7, 11) is 3.11. The van der Waals surface area contributed by atoms with E-state index in [-0.39, 0.29) is 5.91 Å². The Morgan fingerprint density at radius 3 is 2.48 bits per heavy atom. The number of ether oxygens (including phenoxy) is 2. The molecule has 0 radical (unpaired) electrons. The maximum atomic E-state index is 12.8. The zero-order valence-electron chi connectivity index (χ0n) is 13.5. The summed E-state index contributed by atoms with van der Waals surface area (Å²) in [6.45, 7) is 0. The second kappa shape index (κ2) is 7.47. The normalized spacial score (nSPS) is 15.8. The minimum atomic E-state index is -0.187. The van der Waals surface area contributed by atoms with Crippen molar-refractivity contribution in [2.24, 2.45) is 0 Å². The topological polar surface area (TPSA) is 38.8 Å². The van der Waals surface area contributed by atoms with Crippen molar-refractivity contribution < 1.29 is 14.3 Å². The van der Waals surface area contributed by atoms with Gasteiger partial charge in [0.1, 0.15) is 11.5 Å². The van der Waals surface area contributed by atoms with Gasteiger partial charge in [0.2, 0.25) is 0 Å². The summed E-state index contributed by atoms with van der Waals surface area (Å²) in [5.41, 5.74) is 1.47. The number of halogens is 1. The lowest BCUT2D eigenvalue weighted by Gasteiger charge is -2.18. The molecule has 1 aliphatic rings. The lowest BCUT2D eigenvalue weighted by molar-refractivity contribution is -0.113. The zero-order valence-corrected chi connectivity index (χ0v) is 15.9. The Balaban J connectivity index is 1.95. The van der Waals surface area contributed by atoms with Crippen molar-refractivity contribution in [1.29, 1.82) is 0 Å². The number of amides is 1. The van der Waals surface area contributed by atoms with E-state index in [0.29, 0.717) is 31.4 Å². The first kappa shape index (κ1) is 17.8. The summed E-state index contributed by atoms with van der Waals surface area (Å²) in [4.78, 5) is 14.9. The highest BCUT2D eigenvalue weighted by molar-refractivity contribution is 8.27. The molecule has 1 amide bonds. The van der Waals surface area contributed by atoms with Crippen LogP contribution < -0.4 is 14.4 Å². The van der Waals surface area contributed by atoms with Crippen LogP contribution in [-0.2, 0) is 4.79 Å². The molecule has 1 aliphatic heterocycles. The molecule has 0 saturated carbocycles. The van der Waals surface area contributed by atoms with Gasteiger partial charge < -0.3 is 9.47 Å². The largest absolute Gasteiger partial charge is 0.497 e. The van der Waals surface area contributed by atoms with E-state index < -0.39 is 0 Å². The second-order valence-electron chi connectivity index (χ2n) is 5.11. The molecule has 0 unspecified atom stereocenters. The molecule has 0 aromatic heterocycles. The number of anilines is 1. The number of rotatable bonds is 4. The molecule has 3 rings (SSSR count). The third-order valence-corrected chi connectivity index (χ3v) is 5.14. The Morgan fingerprint density at radius 2 is 1.84 bits per heavy atom. The lowest BCUT2D eigenvalue weighted by Crippen LogP contribution is -2.27. The molecule has 7 heteroatoms. The van der Waals surface area contributed by atoms with E-state index in [1.165, 1.54) is 16.7 Å². The van der Waals surface area contributed by atoms with E-state index >= 15 is 0 Å². The van der Waals surface area contributed by atoms with Crippen LogP contribution in [-0.4, -0.2) is 24.4 Å². The van der Waals surface area contributed by atoms with E-state index in [0.717, 1.165) is 5.56 Å². The Labute approximate surface area is 160 Å². The van der Waals surface area contributed by atoms with Crippen molar-refractivity contribution in [3.63, 3.8) is 0 Å². The number of benzene rings is 2. The Bertz CT molecular complexity index is 865. The van der Waals surface area contributed by atoms with Crippen LogP contribution >= 0.6 is 35.6 Å². The average molecular weight is 392 g/mol. The maximum absolute atomic E-state index is 12.8. The van der Waals surface area contributed by atoms with E-state index in [1.54, 1.807) is 50.6 Å². The first-order valence-electron chi connectivity index (χ1n) is 7.29. The minimum absolute atomic E-state index is 0.187. The summed E-state index contributed by atoms with van der Waals surface area (Å²) in [5, 5.41) is 0.646. The van der Waals surface area contributed by atoms with Crippen LogP contribution in [0.2, 0.25) is 5.02 Å². The van der Waals surface area contributed by atoms with Gasteiger partial charge in [-0.05, 0) is 35.9 Å². The van der Waals surface area contributed by atoms with Gasteiger partial charge in [0, 0.05) is 11.1 Å². The summed E-state index contributed by atoms with van der Waals surface area (Å²) >= 11 is 12.6. The highest BCUT2D eigenvalue weighted by atomic mass is 35.5. The van der Waals surface area contributed by atoms with Gasteiger partial charge >= 0.3 is 0 Å². The smallest absolute Gasteiger partial charge is 0.270 e. The van der Waals surface area contributed by atoms with Gasteiger partial charge in [0.25, 0.3) is 5.91 Å². The minimum Gasteiger partial charge on any atom is -0.497 e. The van der Waals surface area contributed by atoms with Gasteiger partial charge in [0.15, 0.2) is 4.32 Å². The second-order valence-corrected chi connectivity index (χ2v) is 7.22. The Morgan fingerprint density at radius 1 is 1.12 bits per heavy atom. The van der Waals surface area contributed by atoms with Gasteiger partial charge in [0.05, 0.1) is 24.8 Å². The Kier molecular flexibility index (Phi) is 5.32. The molecule has 1 fully saturated rings. The predicted octanol–water partition coefficient (Wildman–Crippen LogP) is 4.76. The number of methoxy groups -OCH3 is 2. The van der Waals surface area contributed by atoms with Crippen LogP contribution in [0, 0.1) is 0 Å². The number of hydrogen-bond acceptors (Lipinski definition) is 5.